The first kappa shape index (κ1) is 23.7. The first-order chi connectivity index (χ1) is 15.9. The largest absolute Gasteiger partial charge is 0.483 e. The van der Waals surface area contributed by atoms with Crippen molar-refractivity contribution < 1.29 is 18.7 Å². The standard InChI is InChI=1S/C25H19BrFN3O3/c1-16-5-4-6-20(11-16)29-25(32)18(14-28)12-17-13-19(26)9-10-23(17)33-15-24(31)30-22-8-3-2-7-21(22)27/h2-13H,15H2,1H3,(H,29,32)(H,30,31)/b18-12+. The molecule has 33 heavy (non-hydrogen) atoms. The summed E-state index contributed by atoms with van der Waals surface area (Å²) in [6.45, 7) is 1.50. The molecule has 0 aliphatic heterocycles. The molecule has 0 saturated heterocycles. The average Bonchev–Trinajstić information content (AvgIpc) is 2.78. The fourth-order valence-corrected chi connectivity index (χ4v) is 3.26. The number of hydrogen-bond donors (Lipinski definition) is 2. The highest BCUT2D eigenvalue weighted by molar-refractivity contribution is 9.10. The van der Waals surface area contributed by atoms with Crippen LogP contribution in [0.2, 0.25) is 0 Å². The Labute approximate surface area is 198 Å². The summed E-state index contributed by atoms with van der Waals surface area (Å²) in [4.78, 5) is 24.8. The van der Waals surface area contributed by atoms with Crippen LogP contribution in [0.25, 0.3) is 6.08 Å². The van der Waals surface area contributed by atoms with E-state index in [9.17, 15) is 19.2 Å². The average molecular weight is 508 g/mol. The highest BCUT2D eigenvalue weighted by Crippen LogP contribution is 2.26. The van der Waals surface area contributed by atoms with Gasteiger partial charge < -0.3 is 15.4 Å². The van der Waals surface area contributed by atoms with E-state index in [0.29, 0.717) is 15.7 Å². The second kappa shape index (κ2) is 11.1. The zero-order valence-corrected chi connectivity index (χ0v) is 19.1. The van der Waals surface area contributed by atoms with Crippen molar-refractivity contribution in [3.05, 3.63) is 93.7 Å². The first-order valence-corrected chi connectivity index (χ1v) is 10.6. The van der Waals surface area contributed by atoms with Gasteiger partial charge in [-0.2, -0.15) is 5.26 Å². The molecule has 0 saturated carbocycles. The number of nitriles is 1. The molecule has 0 aliphatic rings. The van der Waals surface area contributed by atoms with E-state index in [4.69, 9.17) is 4.74 Å². The predicted octanol–water partition coefficient (Wildman–Crippen LogP) is 5.46. The van der Waals surface area contributed by atoms with E-state index in [2.05, 4.69) is 26.6 Å². The number of carbonyl (C=O) groups is 2. The van der Waals surface area contributed by atoms with Gasteiger partial charge in [0.15, 0.2) is 6.61 Å². The number of aryl methyl sites for hydroxylation is 1. The highest BCUT2D eigenvalue weighted by Gasteiger charge is 2.13. The van der Waals surface area contributed by atoms with Crippen LogP contribution >= 0.6 is 15.9 Å². The number of carbonyl (C=O) groups excluding carboxylic acids is 2. The zero-order chi connectivity index (χ0) is 23.8. The maximum atomic E-state index is 13.7. The number of benzene rings is 3. The van der Waals surface area contributed by atoms with Gasteiger partial charge in [-0.1, -0.05) is 40.2 Å². The van der Waals surface area contributed by atoms with E-state index in [1.165, 1.54) is 24.3 Å². The molecule has 0 aliphatic carbocycles. The smallest absolute Gasteiger partial charge is 0.266 e. The Hall–Kier alpha value is -3.96. The van der Waals surface area contributed by atoms with Crippen molar-refractivity contribution in [2.45, 2.75) is 6.92 Å². The minimum atomic E-state index is -0.577. The minimum Gasteiger partial charge on any atom is -0.483 e. The Morgan fingerprint density at radius 1 is 1.09 bits per heavy atom. The van der Waals surface area contributed by atoms with Crippen LogP contribution in [0.5, 0.6) is 5.75 Å². The Bertz CT molecular complexity index is 1270. The van der Waals surface area contributed by atoms with Crippen LogP contribution in [0.1, 0.15) is 11.1 Å². The van der Waals surface area contributed by atoms with Gasteiger partial charge in [0, 0.05) is 15.7 Å². The molecule has 3 aromatic rings. The molecule has 166 valence electrons. The summed E-state index contributed by atoms with van der Waals surface area (Å²) < 4.78 is 20.0. The molecule has 3 rings (SSSR count). The third kappa shape index (κ3) is 6.76. The van der Waals surface area contributed by atoms with Crippen LogP contribution in [-0.2, 0) is 9.59 Å². The van der Waals surface area contributed by atoms with Crippen molar-refractivity contribution in [3.8, 4) is 11.8 Å². The molecule has 0 aromatic heterocycles. The second-order valence-electron chi connectivity index (χ2n) is 6.99. The van der Waals surface area contributed by atoms with Gasteiger partial charge in [0.25, 0.3) is 11.8 Å². The number of para-hydroxylation sites is 1. The Kier molecular flexibility index (Phi) is 7.95. The minimum absolute atomic E-state index is 0.0432. The van der Waals surface area contributed by atoms with Gasteiger partial charge in [0.2, 0.25) is 0 Å². The summed E-state index contributed by atoms with van der Waals surface area (Å²) in [5.74, 6) is -1.42. The van der Waals surface area contributed by atoms with Crippen LogP contribution in [-0.4, -0.2) is 18.4 Å². The summed E-state index contributed by atoms with van der Waals surface area (Å²) in [6.07, 6.45) is 1.37. The topological polar surface area (TPSA) is 91.2 Å². The Morgan fingerprint density at radius 3 is 2.61 bits per heavy atom. The van der Waals surface area contributed by atoms with Gasteiger partial charge in [0.05, 0.1) is 5.69 Å². The van der Waals surface area contributed by atoms with Crippen molar-refractivity contribution in [1.29, 1.82) is 5.26 Å². The van der Waals surface area contributed by atoms with Gasteiger partial charge in [-0.15, -0.1) is 0 Å². The zero-order valence-electron chi connectivity index (χ0n) is 17.6. The summed E-state index contributed by atoms with van der Waals surface area (Å²) in [7, 11) is 0. The van der Waals surface area contributed by atoms with Gasteiger partial charge in [-0.3, -0.25) is 9.59 Å². The van der Waals surface area contributed by atoms with E-state index in [1.54, 1.807) is 42.5 Å². The van der Waals surface area contributed by atoms with Crippen molar-refractivity contribution in [1.82, 2.24) is 0 Å². The van der Waals surface area contributed by atoms with Gasteiger partial charge >= 0.3 is 0 Å². The molecule has 2 amide bonds. The summed E-state index contributed by atoms with van der Waals surface area (Å²) in [5.41, 5.74) is 1.85. The number of nitrogens with zero attached hydrogens (tertiary/aromatic N) is 1. The number of rotatable bonds is 7. The van der Waals surface area contributed by atoms with E-state index >= 15 is 0 Å². The van der Waals surface area contributed by atoms with Gasteiger partial charge in [-0.25, -0.2) is 4.39 Å². The number of hydrogen-bond acceptors (Lipinski definition) is 4. The van der Waals surface area contributed by atoms with E-state index < -0.39 is 24.2 Å². The molecule has 6 nitrogen and oxygen atoms in total. The molecule has 3 aromatic carbocycles. The third-order valence-corrected chi connectivity index (χ3v) is 4.91. The lowest BCUT2D eigenvalue weighted by Gasteiger charge is -2.11. The number of ether oxygens (including phenoxy) is 1. The fraction of sp³-hybridized carbons (Fsp3) is 0.0800. The summed E-state index contributed by atoms with van der Waals surface area (Å²) in [5, 5.41) is 14.6. The normalized spacial score (nSPS) is 10.8. The SMILES string of the molecule is Cc1cccc(NC(=O)/C(C#N)=C/c2cc(Br)ccc2OCC(=O)Nc2ccccc2F)c1. The maximum Gasteiger partial charge on any atom is 0.266 e. The molecule has 0 heterocycles. The van der Waals surface area contributed by atoms with Crippen LogP contribution in [0, 0.1) is 24.1 Å². The molecule has 2 N–H and O–H groups in total. The number of nitrogens with one attached hydrogen (secondary N) is 2. The molecule has 0 atom stereocenters. The Morgan fingerprint density at radius 2 is 1.88 bits per heavy atom. The first-order valence-electron chi connectivity index (χ1n) is 9.82. The van der Waals surface area contributed by atoms with Crippen LogP contribution in [0.4, 0.5) is 15.8 Å². The monoisotopic (exact) mass is 507 g/mol. The molecule has 8 heteroatoms. The summed E-state index contributed by atoms with van der Waals surface area (Å²) in [6, 6.07) is 19.8. The van der Waals surface area contributed by atoms with E-state index in [1.807, 2.05) is 19.1 Å². The molecule has 0 radical (unpaired) electrons. The molecule has 0 fully saturated rings. The fourth-order valence-electron chi connectivity index (χ4n) is 2.88. The quantitative estimate of drug-likeness (QED) is 0.328. The maximum absolute atomic E-state index is 13.7. The van der Waals surface area contributed by atoms with Crippen LogP contribution in [0.3, 0.4) is 0 Å². The number of anilines is 2. The molecule has 0 spiro atoms. The lowest BCUT2D eigenvalue weighted by atomic mass is 10.1. The van der Waals surface area contributed by atoms with Crippen LogP contribution < -0.4 is 15.4 Å². The number of amides is 2. The molecular weight excluding hydrogens is 489 g/mol. The predicted molar refractivity (Wildman–Crippen MR) is 128 cm³/mol. The van der Waals surface area contributed by atoms with E-state index in [-0.39, 0.29) is 17.0 Å². The van der Waals surface area contributed by atoms with Gasteiger partial charge in [0.1, 0.15) is 23.2 Å². The van der Waals surface area contributed by atoms with Crippen molar-refractivity contribution in [2.75, 3.05) is 17.2 Å². The Balaban J connectivity index is 1.75. The van der Waals surface area contributed by atoms with Crippen molar-refractivity contribution in [3.63, 3.8) is 0 Å². The van der Waals surface area contributed by atoms with Gasteiger partial charge in [-0.05, 0) is 61.0 Å². The second-order valence-corrected chi connectivity index (χ2v) is 7.91. The molecular formula is C25H19BrFN3O3. The van der Waals surface area contributed by atoms with Crippen molar-refractivity contribution >= 4 is 45.2 Å². The third-order valence-electron chi connectivity index (χ3n) is 4.42. The molecule has 0 bridgehead atoms. The van der Waals surface area contributed by atoms with Crippen molar-refractivity contribution in [2.24, 2.45) is 0 Å². The lowest BCUT2D eigenvalue weighted by molar-refractivity contribution is -0.118. The lowest BCUT2D eigenvalue weighted by Crippen LogP contribution is -2.21. The summed E-state index contributed by atoms with van der Waals surface area (Å²) >= 11 is 3.35. The van der Waals surface area contributed by atoms with Crippen LogP contribution in [0.15, 0.2) is 76.8 Å². The highest BCUT2D eigenvalue weighted by atomic mass is 79.9. The van der Waals surface area contributed by atoms with E-state index in [0.717, 1.165) is 5.56 Å². The molecule has 0 unspecified atom stereocenters. The number of halogens is 2.